The molecule has 28 heavy (non-hydrogen) atoms. The Balaban J connectivity index is 0. The molecule has 0 aliphatic carbocycles. The zero-order valence-corrected chi connectivity index (χ0v) is 20.2. The highest BCUT2D eigenvalue weighted by Gasteiger charge is 1.95. The van der Waals surface area contributed by atoms with E-state index >= 15 is 0 Å². The summed E-state index contributed by atoms with van der Waals surface area (Å²) in [5, 5.41) is 0. The molecule has 0 bridgehead atoms. The lowest BCUT2D eigenvalue weighted by molar-refractivity contribution is -0.368. The van der Waals surface area contributed by atoms with Gasteiger partial charge in [-0.25, -0.2) is 0 Å². The van der Waals surface area contributed by atoms with E-state index in [9.17, 15) is 0 Å². The fraction of sp³-hybridized carbons (Fsp3) is 1.00. The molecule has 3 heteroatoms. The number of halogens is 1. The highest BCUT2D eigenvalue weighted by Crippen LogP contribution is 2.14. The van der Waals surface area contributed by atoms with Gasteiger partial charge in [-0.15, -0.1) is 0 Å². The monoisotopic (exact) mass is 419 g/mol. The van der Waals surface area contributed by atoms with Crippen LogP contribution in [-0.2, 0) is 4.74 Å². The van der Waals surface area contributed by atoms with E-state index in [-0.39, 0.29) is 12.4 Å². The minimum absolute atomic E-state index is 0. The molecule has 0 heterocycles. The lowest BCUT2D eigenvalue weighted by Crippen LogP contribution is -3.00. The first-order valence-electron chi connectivity index (χ1n) is 12.8. The molecule has 0 aliphatic rings. The van der Waals surface area contributed by atoms with Gasteiger partial charge in [-0.3, -0.25) is 0 Å². The van der Waals surface area contributed by atoms with Gasteiger partial charge in [-0.05, 0) is 25.7 Å². The average Bonchev–Trinajstić information content (AvgIpc) is 2.68. The van der Waals surface area contributed by atoms with Crippen LogP contribution >= 0.6 is 0 Å². The van der Waals surface area contributed by atoms with Gasteiger partial charge in [0, 0.05) is 13.2 Å². The highest BCUT2D eigenvalue weighted by atomic mass is 35.5. The Kier molecular flexibility index (Phi) is 31.9. The van der Waals surface area contributed by atoms with Crippen molar-refractivity contribution in [2.75, 3.05) is 19.8 Å². The number of quaternary nitrogens is 1. The molecule has 0 fully saturated rings. The largest absolute Gasteiger partial charge is 1.00 e. The lowest BCUT2D eigenvalue weighted by atomic mass is 10.0. The van der Waals surface area contributed by atoms with Crippen LogP contribution in [0.15, 0.2) is 0 Å². The van der Waals surface area contributed by atoms with Crippen LogP contribution in [0.3, 0.4) is 0 Å². The van der Waals surface area contributed by atoms with Crippen LogP contribution < -0.4 is 18.1 Å². The Morgan fingerprint density at radius 3 is 1.04 bits per heavy atom. The van der Waals surface area contributed by atoms with Crippen molar-refractivity contribution < 1.29 is 22.9 Å². The van der Waals surface area contributed by atoms with Crippen LogP contribution in [-0.4, -0.2) is 19.8 Å². The van der Waals surface area contributed by atoms with Crippen LogP contribution in [0.5, 0.6) is 0 Å². The second kappa shape index (κ2) is 29.4. The predicted octanol–water partition coefficient (Wildman–Crippen LogP) is 4.46. The van der Waals surface area contributed by atoms with Crippen LogP contribution in [0.25, 0.3) is 0 Å². The molecular formula is C25H54ClNO. The maximum absolute atomic E-state index is 5.67. The molecule has 0 radical (unpaired) electrons. The molecule has 2 nitrogen and oxygen atoms in total. The van der Waals surface area contributed by atoms with Crippen molar-refractivity contribution in [3.05, 3.63) is 0 Å². The second-order valence-electron chi connectivity index (χ2n) is 8.54. The van der Waals surface area contributed by atoms with E-state index in [1.54, 1.807) is 0 Å². The van der Waals surface area contributed by atoms with E-state index in [4.69, 9.17) is 4.74 Å². The molecule has 0 aromatic rings. The molecule has 0 aromatic heterocycles. The molecule has 0 amide bonds. The fourth-order valence-electron chi connectivity index (χ4n) is 3.77. The first kappa shape index (κ1) is 30.4. The summed E-state index contributed by atoms with van der Waals surface area (Å²) < 4.78 is 5.67. The third kappa shape index (κ3) is 28.4. The van der Waals surface area contributed by atoms with E-state index < -0.39 is 0 Å². The molecule has 0 atom stereocenters. The molecule has 172 valence electrons. The molecule has 0 spiro atoms. The van der Waals surface area contributed by atoms with Gasteiger partial charge < -0.3 is 22.9 Å². The highest BCUT2D eigenvalue weighted by molar-refractivity contribution is 4.50. The van der Waals surface area contributed by atoms with Gasteiger partial charge in [0.15, 0.2) is 0 Å². The third-order valence-electron chi connectivity index (χ3n) is 5.68. The third-order valence-corrected chi connectivity index (χ3v) is 5.68. The zero-order valence-electron chi connectivity index (χ0n) is 19.5. The van der Waals surface area contributed by atoms with Crippen LogP contribution in [0, 0.1) is 0 Å². The van der Waals surface area contributed by atoms with Crippen molar-refractivity contribution in [3.8, 4) is 0 Å². The fourth-order valence-corrected chi connectivity index (χ4v) is 3.77. The Bertz CT molecular complexity index is 227. The van der Waals surface area contributed by atoms with Gasteiger partial charge in [0.2, 0.25) is 0 Å². The standard InChI is InChI=1S/C25H53NO.ClH/c1-2-3-21-24-27-25-22-19-17-15-13-11-9-7-5-4-6-8-10-12-14-16-18-20-23-26;/h2-26H2,1H3;1H. The van der Waals surface area contributed by atoms with Crippen molar-refractivity contribution in [1.29, 1.82) is 0 Å². The molecule has 0 rings (SSSR count). The number of rotatable bonds is 24. The van der Waals surface area contributed by atoms with Crippen LogP contribution in [0.1, 0.15) is 142 Å². The molecule has 3 N–H and O–H groups in total. The lowest BCUT2D eigenvalue weighted by Gasteiger charge is -2.05. The van der Waals surface area contributed by atoms with Crippen molar-refractivity contribution >= 4 is 0 Å². The molecular weight excluding hydrogens is 366 g/mol. The second-order valence-corrected chi connectivity index (χ2v) is 8.54. The quantitative estimate of drug-likeness (QED) is 0.230. The minimum Gasteiger partial charge on any atom is -1.00 e. The van der Waals surface area contributed by atoms with Gasteiger partial charge in [0.1, 0.15) is 0 Å². The van der Waals surface area contributed by atoms with Gasteiger partial charge in [-0.1, -0.05) is 116 Å². The molecule has 0 aliphatic heterocycles. The topological polar surface area (TPSA) is 36.9 Å². The Morgan fingerprint density at radius 1 is 0.429 bits per heavy atom. The smallest absolute Gasteiger partial charge is 0.0739 e. The van der Waals surface area contributed by atoms with Gasteiger partial charge >= 0.3 is 0 Å². The Hall–Kier alpha value is 0.210. The summed E-state index contributed by atoms with van der Waals surface area (Å²) in [5.41, 5.74) is 3.91. The van der Waals surface area contributed by atoms with E-state index in [0.717, 1.165) is 19.8 Å². The Labute approximate surface area is 184 Å². The summed E-state index contributed by atoms with van der Waals surface area (Å²) in [6.45, 7) is 5.33. The zero-order chi connectivity index (χ0) is 19.7. The number of hydrogen-bond acceptors (Lipinski definition) is 1. The minimum atomic E-state index is 0. The van der Waals surface area contributed by atoms with E-state index in [1.807, 2.05) is 0 Å². The van der Waals surface area contributed by atoms with Crippen molar-refractivity contribution in [1.82, 2.24) is 0 Å². The number of ether oxygens (including phenoxy) is 1. The molecule has 0 saturated heterocycles. The predicted molar refractivity (Wildman–Crippen MR) is 121 cm³/mol. The Morgan fingerprint density at radius 2 is 0.714 bits per heavy atom. The van der Waals surface area contributed by atoms with Crippen LogP contribution in [0.4, 0.5) is 0 Å². The summed E-state index contributed by atoms with van der Waals surface area (Å²) in [6, 6.07) is 0. The summed E-state index contributed by atoms with van der Waals surface area (Å²) in [7, 11) is 0. The first-order chi connectivity index (χ1) is 13.4. The molecule has 0 unspecified atom stereocenters. The van der Waals surface area contributed by atoms with Crippen LogP contribution in [0.2, 0.25) is 0 Å². The molecule has 0 aromatic carbocycles. The molecule has 0 saturated carbocycles. The summed E-state index contributed by atoms with van der Waals surface area (Å²) in [6.07, 6.45) is 29.6. The summed E-state index contributed by atoms with van der Waals surface area (Å²) in [5.74, 6) is 0. The van der Waals surface area contributed by atoms with Gasteiger partial charge in [0.05, 0.1) is 6.54 Å². The number of unbranched alkanes of at least 4 members (excludes halogenated alkanes) is 19. The van der Waals surface area contributed by atoms with E-state index in [2.05, 4.69) is 12.7 Å². The average molecular weight is 420 g/mol. The van der Waals surface area contributed by atoms with Crippen molar-refractivity contribution in [2.24, 2.45) is 0 Å². The first-order valence-corrected chi connectivity index (χ1v) is 12.8. The van der Waals surface area contributed by atoms with Gasteiger partial charge in [-0.2, -0.15) is 0 Å². The number of hydrogen-bond donors (Lipinski definition) is 1. The SMILES string of the molecule is CCCCCOCCCCCCCCCCCCCCCCCCCC[NH3+].[Cl-]. The normalized spacial score (nSPS) is 10.9. The van der Waals surface area contributed by atoms with Crippen molar-refractivity contribution in [3.63, 3.8) is 0 Å². The maximum atomic E-state index is 5.67. The maximum Gasteiger partial charge on any atom is 0.0739 e. The van der Waals surface area contributed by atoms with Crippen molar-refractivity contribution in [2.45, 2.75) is 142 Å². The van der Waals surface area contributed by atoms with E-state index in [1.165, 1.54) is 135 Å². The van der Waals surface area contributed by atoms with E-state index in [0.29, 0.717) is 0 Å². The summed E-state index contributed by atoms with van der Waals surface area (Å²) >= 11 is 0. The summed E-state index contributed by atoms with van der Waals surface area (Å²) in [4.78, 5) is 0. The van der Waals surface area contributed by atoms with Gasteiger partial charge in [0.25, 0.3) is 0 Å².